The third kappa shape index (κ3) is 4.58. The van der Waals surface area contributed by atoms with E-state index in [9.17, 15) is 9.59 Å². The molecule has 0 saturated carbocycles. The molecule has 28 heavy (non-hydrogen) atoms. The standard InChI is InChI=1S/C20H19Cl2NO5/c21-13-1-6-16(17(22)11-13)20(7-9-27-10-8-20)19(26)23-14-2-4-15(5-3-14)28-12-18(24)25/h1-6,11H,7-10,12H2,(H,23,26)(H,24,25). The van der Waals surface area contributed by atoms with Crippen molar-refractivity contribution in [2.24, 2.45) is 0 Å². The molecule has 0 bridgehead atoms. The summed E-state index contributed by atoms with van der Waals surface area (Å²) in [6.45, 7) is 0.479. The van der Waals surface area contributed by atoms with Crippen molar-refractivity contribution >= 4 is 40.8 Å². The lowest BCUT2D eigenvalue weighted by Gasteiger charge is -2.36. The molecule has 8 heteroatoms. The monoisotopic (exact) mass is 423 g/mol. The number of rotatable bonds is 6. The van der Waals surface area contributed by atoms with Crippen LogP contribution in [-0.2, 0) is 19.7 Å². The van der Waals surface area contributed by atoms with E-state index in [0.29, 0.717) is 47.5 Å². The Morgan fingerprint density at radius 3 is 2.39 bits per heavy atom. The van der Waals surface area contributed by atoms with Gasteiger partial charge in [0, 0.05) is 28.9 Å². The molecular formula is C20H19Cl2NO5. The summed E-state index contributed by atoms with van der Waals surface area (Å²) in [6.07, 6.45) is 1.000. The molecular weight excluding hydrogens is 405 g/mol. The van der Waals surface area contributed by atoms with Crippen LogP contribution in [0.5, 0.6) is 5.75 Å². The fourth-order valence-electron chi connectivity index (χ4n) is 3.25. The number of nitrogens with one attached hydrogen (secondary N) is 1. The highest BCUT2D eigenvalue weighted by Crippen LogP contribution is 2.40. The van der Waals surface area contributed by atoms with Crippen molar-refractivity contribution < 1.29 is 24.2 Å². The van der Waals surface area contributed by atoms with Gasteiger partial charge in [0.1, 0.15) is 5.75 Å². The molecule has 3 rings (SSSR count). The number of aliphatic carboxylic acids is 1. The maximum absolute atomic E-state index is 13.3. The molecule has 148 valence electrons. The van der Waals surface area contributed by atoms with Crippen molar-refractivity contribution in [3.63, 3.8) is 0 Å². The molecule has 2 aromatic carbocycles. The van der Waals surface area contributed by atoms with E-state index in [-0.39, 0.29) is 5.91 Å². The number of carbonyl (C=O) groups is 2. The van der Waals surface area contributed by atoms with Crippen LogP contribution in [0.2, 0.25) is 10.0 Å². The van der Waals surface area contributed by atoms with Crippen LogP contribution in [0.15, 0.2) is 42.5 Å². The number of carbonyl (C=O) groups excluding carboxylic acids is 1. The second kappa shape index (κ2) is 8.82. The molecule has 2 aromatic rings. The molecule has 1 heterocycles. The predicted molar refractivity (Wildman–Crippen MR) is 106 cm³/mol. The first kappa shape index (κ1) is 20.5. The van der Waals surface area contributed by atoms with Gasteiger partial charge >= 0.3 is 5.97 Å². The lowest BCUT2D eigenvalue weighted by atomic mass is 9.73. The average Bonchev–Trinajstić information content (AvgIpc) is 2.68. The average molecular weight is 424 g/mol. The summed E-state index contributed by atoms with van der Waals surface area (Å²) in [5.41, 5.74) is 0.475. The number of amides is 1. The highest BCUT2D eigenvalue weighted by Gasteiger charge is 2.43. The van der Waals surface area contributed by atoms with Crippen LogP contribution in [0.4, 0.5) is 5.69 Å². The van der Waals surface area contributed by atoms with Gasteiger partial charge in [-0.2, -0.15) is 0 Å². The maximum atomic E-state index is 13.3. The zero-order valence-electron chi connectivity index (χ0n) is 14.9. The zero-order valence-corrected chi connectivity index (χ0v) is 16.4. The van der Waals surface area contributed by atoms with E-state index < -0.39 is 18.0 Å². The summed E-state index contributed by atoms with van der Waals surface area (Å²) in [5.74, 6) is -0.833. The highest BCUT2D eigenvalue weighted by molar-refractivity contribution is 6.35. The Kier molecular flexibility index (Phi) is 6.44. The van der Waals surface area contributed by atoms with Gasteiger partial charge in [0.25, 0.3) is 0 Å². The van der Waals surface area contributed by atoms with Gasteiger partial charge < -0.3 is 19.9 Å². The number of benzene rings is 2. The van der Waals surface area contributed by atoms with Gasteiger partial charge in [-0.05, 0) is 54.8 Å². The third-order valence-corrected chi connectivity index (χ3v) is 5.25. The molecule has 1 aliphatic heterocycles. The van der Waals surface area contributed by atoms with Crippen molar-refractivity contribution in [3.8, 4) is 5.75 Å². The number of carboxylic acid groups (broad SMARTS) is 1. The first-order chi connectivity index (χ1) is 13.4. The molecule has 1 saturated heterocycles. The predicted octanol–water partition coefficient (Wildman–Crippen LogP) is 4.14. The summed E-state index contributed by atoms with van der Waals surface area (Å²) in [5, 5.41) is 12.5. The van der Waals surface area contributed by atoms with Crippen molar-refractivity contribution in [1.82, 2.24) is 0 Å². The topological polar surface area (TPSA) is 84.9 Å². The van der Waals surface area contributed by atoms with Crippen molar-refractivity contribution in [2.45, 2.75) is 18.3 Å². The largest absolute Gasteiger partial charge is 0.482 e. The Bertz CT molecular complexity index is 863. The normalized spacial score (nSPS) is 15.6. The number of carboxylic acids is 1. The summed E-state index contributed by atoms with van der Waals surface area (Å²) >= 11 is 12.4. The summed E-state index contributed by atoms with van der Waals surface area (Å²) in [4.78, 5) is 23.8. The van der Waals surface area contributed by atoms with Gasteiger partial charge in [0.15, 0.2) is 6.61 Å². The number of ether oxygens (including phenoxy) is 2. The molecule has 0 spiro atoms. The first-order valence-electron chi connectivity index (χ1n) is 8.70. The number of halogens is 2. The Balaban J connectivity index is 1.81. The minimum Gasteiger partial charge on any atom is -0.482 e. The van der Waals surface area contributed by atoms with E-state index in [2.05, 4.69) is 5.32 Å². The van der Waals surface area contributed by atoms with Crippen LogP contribution in [0, 0.1) is 0 Å². The molecule has 0 aliphatic carbocycles. The molecule has 0 radical (unpaired) electrons. The maximum Gasteiger partial charge on any atom is 0.341 e. The lowest BCUT2D eigenvalue weighted by molar-refractivity contribution is -0.139. The Morgan fingerprint density at radius 2 is 1.79 bits per heavy atom. The molecule has 6 nitrogen and oxygen atoms in total. The summed E-state index contributed by atoms with van der Waals surface area (Å²) in [7, 11) is 0. The van der Waals surface area contributed by atoms with Gasteiger partial charge in [-0.1, -0.05) is 29.3 Å². The zero-order chi connectivity index (χ0) is 20.1. The van der Waals surface area contributed by atoms with Crippen LogP contribution < -0.4 is 10.1 Å². The fraction of sp³-hybridized carbons (Fsp3) is 0.300. The lowest BCUT2D eigenvalue weighted by Crippen LogP contribution is -2.45. The van der Waals surface area contributed by atoms with Crippen LogP contribution in [0.25, 0.3) is 0 Å². The van der Waals surface area contributed by atoms with E-state index in [1.54, 1.807) is 42.5 Å². The van der Waals surface area contributed by atoms with Crippen molar-refractivity contribution in [3.05, 3.63) is 58.1 Å². The van der Waals surface area contributed by atoms with E-state index in [4.69, 9.17) is 37.8 Å². The minimum absolute atomic E-state index is 0.181. The second-order valence-electron chi connectivity index (χ2n) is 6.48. The second-order valence-corrected chi connectivity index (χ2v) is 7.32. The molecule has 0 atom stereocenters. The quantitative estimate of drug-likeness (QED) is 0.728. The van der Waals surface area contributed by atoms with Crippen LogP contribution >= 0.6 is 23.2 Å². The van der Waals surface area contributed by atoms with Crippen LogP contribution in [0.1, 0.15) is 18.4 Å². The van der Waals surface area contributed by atoms with Gasteiger partial charge in [-0.15, -0.1) is 0 Å². The van der Waals surface area contributed by atoms with Crippen molar-refractivity contribution in [1.29, 1.82) is 0 Å². The van der Waals surface area contributed by atoms with Gasteiger partial charge in [-0.3, -0.25) is 4.79 Å². The SMILES string of the molecule is O=C(O)COc1ccc(NC(=O)C2(c3ccc(Cl)cc3Cl)CCOCC2)cc1. The van der Waals surface area contributed by atoms with Gasteiger partial charge in [0.05, 0.1) is 5.41 Å². The Hall–Kier alpha value is -2.28. The van der Waals surface area contributed by atoms with E-state index in [1.807, 2.05) is 0 Å². The number of anilines is 1. The van der Waals surface area contributed by atoms with Crippen LogP contribution in [-0.4, -0.2) is 36.8 Å². The molecule has 2 N–H and O–H groups in total. The fourth-order valence-corrected chi connectivity index (χ4v) is 3.84. The molecule has 1 amide bonds. The van der Waals surface area contributed by atoms with Gasteiger partial charge in [0.2, 0.25) is 5.91 Å². The number of hydrogen-bond acceptors (Lipinski definition) is 4. The third-order valence-electron chi connectivity index (χ3n) is 4.70. The van der Waals surface area contributed by atoms with E-state index in [1.165, 1.54) is 0 Å². The molecule has 1 aliphatic rings. The van der Waals surface area contributed by atoms with Crippen LogP contribution in [0.3, 0.4) is 0 Å². The van der Waals surface area contributed by atoms with Crippen molar-refractivity contribution in [2.75, 3.05) is 25.1 Å². The summed E-state index contributed by atoms with van der Waals surface area (Å²) < 4.78 is 10.6. The van der Waals surface area contributed by atoms with Gasteiger partial charge in [-0.25, -0.2) is 4.79 Å². The Morgan fingerprint density at radius 1 is 1.11 bits per heavy atom. The number of hydrogen-bond donors (Lipinski definition) is 2. The summed E-state index contributed by atoms with van der Waals surface area (Å²) in [6, 6.07) is 11.7. The molecule has 0 aromatic heterocycles. The van der Waals surface area contributed by atoms with E-state index >= 15 is 0 Å². The molecule has 0 unspecified atom stereocenters. The molecule has 1 fully saturated rings. The Labute approximate surface area is 172 Å². The minimum atomic E-state index is -1.06. The van der Waals surface area contributed by atoms with E-state index in [0.717, 1.165) is 5.56 Å². The smallest absolute Gasteiger partial charge is 0.341 e. The first-order valence-corrected chi connectivity index (χ1v) is 9.46. The highest BCUT2D eigenvalue weighted by atomic mass is 35.5.